The molecule has 0 heterocycles. The van der Waals surface area contributed by atoms with Crippen molar-refractivity contribution < 1.29 is 4.79 Å². The summed E-state index contributed by atoms with van der Waals surface area (Å²) in [5.41, 5.74) is 7.00. The Bertz CT molecular complexity index is 382. The number of halogens is 2. The molecule has 0 aliphatic rings. The predicted octanol–water partition coefficient (Wildman–Crippen LogP) is 3.78. The van der Waals surface area contributed by atoms with Crippen LogP contribution in [0.1, 0.15) is 20.3 Å². The monoisotopic (exact) mass is 348 g/mol. The molecule has 0 saturated carbocycles. The Morgan fingerprint density at radius 2 is 2.06 bits per heavy atom. The lowest BCUT2D eigenvalue weighted by atomic mass is 10.1. The molecular formula is C11H14Br2N2O. The molecule has 0 bridgehead atoms. The minimum atomic E-state index is -0.0234. The van der Waals surface area contributed by atoms with E-state index in [0.29, 0.717) is 23.7 Å². The van der Waals surface area contributed by atoms with E-state index in [4.69, 9.17) is 5.73 Å². The van der Waals surface area contributed by atoms with Gasteiger partial charge in [0.2, 0.25) is 5.91 Å². The van der Waals surface area contributed by atoms with E-state index >= 15 is 0 Å². The van der Waals surface area contributed by atoms with Gasteiger partial charge in [0.1, 0.15) is 0 Å². The molecule has 0 aliphatic heterocycles. The number of nitrogen functional groups attached to an aromatic ring is 1. The first-order valence-corrected chi connectivity index (χ1v) is 6.53. The molecule has 0 spiro atoms. The second-order valence-corrected chi connectivity index (χ2v) is 5.77. The Hall–Kier alpha value is -0.550. The Morgan fingerprint density at radius 1 is 1.44 bits per heavy atom. The summed E-state index contributed by atoms with van der Waals surface area (Å²) in [4.78, 5) is 11.6. The Labute approximate surface area is 112 Å². The van der Waals surface area contributed by atoms with Crippen molar-refractivity contribution in [2.24, 2.45) is 5.92 Å². The standard InChI is InChI=1S/C11H14Br2N2O/c1-6(2)3-10(16)15-11-8(13)4-7(12)5-9(11)14/h4-6H,3,14H2,1-2H3,(H,15,16). The highest BCUT2D eigenvalue weighted by Crippen LogP contribution is 2.32. The van der Waals surface area contributed by atoms with Gasteiger partial charge < -0.3 is 11.1 Å². The summed E-state index contributed by atoms with van der Waals surface area (Å²) in [6.07, 6.45) is 0.488. The second kappa shape index (κ2) is 5.68. The smallest absolute Gasteiger partial charge is 0.224 e. The minimum absolute atomic E-state index is 0.0234. The van der Waals surface area contributed by atoms with Crippen LogP contribution in [0.2, 0.25) is 0 Å². The van der Waals surface area contributed by atoms with Crippen LogP contribution in [0.15, 0.2) is 21.1 Å². The molecule has 0 aromatic heterocycles. The number of hydrogen-bond acceptors (Lipinski definition) is 2. The first-order chi connectivity index (χ1) is 7.40. The Morgan fingerprint density at radius 3 is 2.56 bits per heavy atom. The summed E-state index contributed by atoms with van der Waals surface area (Å²) in [7, 11) is 0. The van der Waals surface area contributed by atoms with Gasteiger partial charge in [0.15, 0.2) is 0 Å². The van der Waals surface area contributed by atoms with E-state index < -0.39 is 0 Å². The van der Waals surface area contributed by atoms with Crippen molar-refractivity contribution in [3.05, 3.63) is 21.1 Å². The maximum Gasteiger partial charge on any atom is 0.224 e. The fourth-order valence-electron chi connectivity index (χ4n) is 1.29. The van der Waals surface area contributed by atoms with E-state index in [1.54, 1.807) is 6.07 Å². The summed E-state index contributed by atoms with van der Waals surface area (Å²) in [6, 6.07) is 3.61. The van der Waals surface area contributed by atoms with Gasteiger partial charge in [-0.15, -0.1) is 0 Å². The molecule has 0 atom stereocenters. The summed E-state index contributed by atoms with van der Waals surface area (Å²) in [5, 5.41) is 2.81. The topological polar surface area (TPSA) is 55.1 Å². The molecule has 1 aromatic rings. The molecule has 1 aromatic carbocycles. The van der Waals surface area contributed by atoms with Crippen molar-refractivity contribution in [2.45, 2.75) is 20.3 Å². The van der Waals surface area contributed by atoms with E-state index in [-0.39, 0.29) is 5.91 Å². The molecular weight excluding hydrogens is 336 g/mol. The van der Waals surface area contributed by atoms with Crippen molar-refractivity contribution in [1.29, 1.82) is 0 Å². The lowest BCUT2D eigenvalue weighted by Crippen LogP contribution is -2.15. The van der Waals surface area contributed by atoms with Crippen LogP contribution in [0.25, 0.3) is 0 Å². The van der Waals surface area contributed by atoms with Crippen molar-refractivity contribution in [2.75, 3.05) is 11.1 Å². The van der Waals surface area contributed by atoms with Gasteiger partial charge in [-0.1, -0.05) is 29.8 Å². The van der Waals surface area contributed by atoms with Crippen molar-refractivity contribution in [3.63, 3.8) is 0 Å². The van der Waals surface area contributed by atoms with Gasteiger partial charge >= 0.3 is 0 Å². The third-order valence-corrected chi connectivity index (χ3v) is 3.03. The lowest BCUT2D eigenvalue weighted by Gasteiger charge is -2.12. The van der Waals surface area contributed by atoms with Gasteiger partial charge in [-0.25, -0.2) is 0 Å². The molecule has 0 radical (unpaired) electrons. The van der Waals surface area contributed by atoms with E-state index in [2.05, 4.69) is 37.2 Å². The van der Waals surface area contributed by atoms with Gasteiger partial charge in [-0.2, -0.15) is 0 Å². The fourth-order valence-corrected chi connectivity index (χ4v) is 2.64. The zero-order chi connectivity index (χ0) is 12.3. The zero-order valence-electron chi connectivity index (χ0n) is 9.18. The molecule has 0 saturated heterocycles. The van der Waals surface area contributed by atoms with Gasteiger partial charge in [0.05, 0.1) is 11.4 Å². The summed E-state index contributed by atoms with van der Waals surface area (Å²) in [5.74, 6) is 0.306. The summed E-state index contributed by atoms with van der Waals surface area (Å²) < 4.78 is 1.65. The highest BCUT2D eigenvalue weighted by Gasteiger charge is 2.11. The number of nitrogens with one attached hydrogen (secondary N) is 1. The number of hydrogen-bond donors (Lipinski definition) is 2. The van der Waals surface area contributed by atoms with E-state index in [1.165, 1.54) is 0 Å². The molecule has 1 amide bonds. The minimum Gasteiger partial charge on any atom is -0.397 e. The average molecular weight is 350 g/mol. The number of anilines is 2. The van der Waals surface area contributed by atoms with Crippen molar-refractivity contribution >= 4 is 49.1 Å². The first kappa shape index (κ1) is 13.5. The molecule has 16 heavy (non-hydrogen) atoms. The number of rotatable bonds is 3. The summed E-state index contributed by atoms with van der Waals surface area (Å²) in [6.45, 7) is 4.00. The van der Waals surface area contributed by atoms with Crippen LogP contribution >= 0.6 is 31.9 Å². The zero-order valence-corrected chi connectivity index (χ0v) is 12.4. The molecule has 5 heteroatoms. The Kier molecular flexibility index (Phi) is 4.80. The molecule has 88 valence electrons. The fraction of sp³-hybridized carbons (Fsp3) is 0.364. The highest BCUT2D eigenvalue weighted by atomic mass is 79.9. The van der Waals surface area contributed by atoms with E-state index in [1.807, 2.05) is 19.9 Å². The highest BCUT2D eigenvalue weighted by molar-refractivity contribution is 9.11. The molecule has 3 N–H and O–H groups in total. The molecule has 3 nitrogen and oxygen atoms in total. The van der Waals surface area contributed by atoms with Crippen LogP contribution in [0, 0.1) is 5.92 Å². The summed E-state index contributed by atoms with van der Waals surface area (Å²) >= 11 is 6.70. The maximum atomic E-state index is 11.6. The van der Waals surface area contributed by atoms with Crippen LogP contribution in [0.4, 0.5) is 11.4 Å². The average Bonchev–Trinajstić information content (AvgIpc) is 2.09. The van der Waals surface area contributed by atoms with Crippen molar-refractivity contribution in [3.8, 4) is 0 Å². The number of carbonyl (C=O) groups excluding carboxylic acids is 1. The maximum absolute atomic E-state index is 11.6. The largest absolute Gasteiger partial charge is 0.397 e. The molecule has 0 unspecified atom stereocenters. The van der Waals surface area contributed by atoms with Crippen LogP contribution in [-0.4, -0.2) is 5.91 Å². The van der Waals surface area contributed by atoms with Gasteiger partial charge in [-0.05, 0) is 34.0 Å². The van der Waals surface area contributed by atoms with Crippen LogP contribution in [0.3, 0.4) is 0 Å². The quantitative estimate of drug-likeness (QED) is 0.816. The first-order valence-electron chi connectivity index (χ1n) is 4.94. The number of amides is 1. The van der Waals surface area contributed by atoms with E-state index in [0.717, 1.165) is 8.95 Å². The van der Waals surface area contributed by atoms with E-state index in [9.17, 15) is 4.79 Å². The molecule has 0 fully saturated rings. The lowest BCUT2D eigenvalue weighted by molar-refractivity contribution is -0.116. The number of benzene rings is 1. The SMILES string of the molecule is CC(C)CC(=O)Nc1c(N)cc(Br)cc1Br. The normalized spacial score (nSPS) is 10.6. The van der Waals surface area contributed by atoms with Crippen molar-refractivity contribution in [1.82, 2.24) is 0 Å². The third-order valence-electron chi connectivity index (χ3n) is 1.94. The van der Waals surface area contributed by atoms with Gasteiger partial charge in [-0.3, -0.25) is 4.79 Å². The number of nitrogens with two attached hydrogens (primary N) is 1. The predicted molar refractivity (Wildman–Crippen MR) is 74.3 cm³/mol. The van der Waals surface area contributed by atoms with Crippen LogP contribution in [-0.2, 0) is 4.79 Å². The molecule has 1 rings (SSSR count). The van der Waals surface area contributed by atoms with Crippen LogP contribution in [0.5, 0.6) is 0 Å². The Balaban J connectivity index is 2.85. The van der Waals surface area contributed by atoms with Crippen LogP contribution < -0.4 is 11.1 Å². The number of carbonyl (C=O) groups is 1. The third kappa shape index (κ3) is 3.79. The van der Waals surface area contributed by atoms with Gasteiger partial charge in [0, 0.05) is 15.4 Å². The van der Waals surface area contributed by atoms with Gasteiger partial charge in [0.25, 0.3) is 0 Å². The second-order valence-electron chi connectivity index (χ2n) is 4.00. The molecule has 0 aliphatic carbocycles.